The molecule has 1 amide bonds. The Hall–Kier alpha value is -2.74. The highest BCUT2D eigenvalue weighted by molar-refractivity contribution is 5.98. The van der Waals surface area contributed by atoms with Gasteiger partial charge in [-0.1, -0.05) is 6.92 Å². The van der Waals surface area contributed by atoms with Gasteiger partial charge in [0.1, 0.15) is 28.9 Å². The zero-order valence-electron chi connectivity index (χ0n) is 13.2. The van der Waals surface area contributed by atoms with Crippen LogP contribution in [-0.4, -0.2) is 24.5 Å². The van der Waals surface area contributed by atoms with Crippen molar-refractivity contribution in [1.82, 2.24) is 5.32 Å². The van der Waals surface area contributed by atoms with Crippen molar-refractivity contribution in [3.05, 3.63) is 63.3 Å². The molecule has 0 fully saturated rings. The van der Waals surface area contributed by atoms with E-state index < -0.39 is 28.4 Å². The molecule has 2 rings (SSSR count). The smallest absolute Gasteiger partial charge is 0.282 e. The number of amides is 1. The number of nitrogens with zero attached hydrogens (tertiary/aromatic N) is 1. The van der Waals surface area contributed by atoms with Gasteiger partial charge in [-0.25, -0.2) is 4.39 Å². The summed E-state index contributed by atoms with van der Waals surface area (Å²) in [6, 6.07) is 5.54. The number of hydrogen-bond acceptors (Lipinski definition) is 5. The maximum atomic E-state index is 13.4. The zero-order chi connectivity index (χ0) is 17.7. The van der Waals surface area contributed by atoms with Gasteiger partial charge in [-0.15, -0.1) is 0 Å². The minimum Gasteiger partial charge on any atom is -0.464 e. The summed E-state index contributed by atoms with van der Waals surface area (Å²) in [5.41, 5.74) is -0.831. The maximum Gasteiger partial charge on any atom is 0.282 e. The first kappa shape index (κ1) is 17.6. The summed E-state index contributed by atoms with van der Waals surface area (Å²) in [7, 11) is 1.45. The second-order valence-corrected chi connectivity index (χ2v) is 5.06. The third-order valence-electron chi connectivity index (χ3n) is 3.41. The monoisotopic (exact) mass is 336 g/mol. The van der Waals surface area contributed by atoms with Crippen molar-refractivity contribution in [2.45, 2.75) is 19.4 Å². The highest BCUT2D eigenvalue weighted by atomic mass is 19.1. The van der Waals surface area contributed by atoms with Crippen molar-refractivity contribution < 1.29 is 23.3 Å². The quantitative estimate of drug-likeness (QED) is 0.619. The van der Waals surface area contributed by atoms with Gasteiger partial charge in [0.05, 0.1) is 11.5 Å². The molecule has 0 aliphatic carbocycles. The van der Waals surface area contributed by atoms with Crippen LogP contribution < -0.4 is 5.32 Å². The molecule has 0 spiro atoms. The van der Waals surface area contributed by atoms with Crippen molar-refractivity contribution >= 4 is 11.6 Å². The summed E-state index contributed by atoms with van der Waals surface area (Å²) < 4.78 is 24.0. The van der Waals surface area contributed by atoms with Crippen LogP contribution in [0.3, 0.4) is 0 Å². The summed E-state index contributed by atoms with van der Waals surface area (Å²) in [6.45, 7) is 2.02. The predicted octanol–water partition coefficient (Wildman–Crippen LogP) is 3.01. The molecular formula is C16H17FN2O5. The van der Waals surface area contributed by atoms with E-state index in [4.69, 9.17) is 9.15 Å². The van der Waals surface area contributed by atoms with E-state index in [1.54, 1.807) is 12.1 Å². The van der Waals surface area contributed by atoms with E-state index in [2.05, 4.69) is 5.32 Å². The zero-order valence-corrected chi connectivity index (χ0v) is 13.2. The van der Waals surface area contributed by atoms with Gasteiger partial charge in [0.15, 0.2) is 0 Å². The SMILES string of the molecule is CCc1ccc([C@H](COC)NC(=O)c2cc(F)ccc2[N+](=O)[O-])o1. The molecule has 0 aliphatic rings. The van der Waals surface area contributed by atoms with Crippen molar-refractivity contribution in [1.29, 1.82) is 0 Å². The Bertz CT molecular complexity index is 744. The molecule has 0 bridgehead atoms. The first-order chi connectivity index (χ1) is 11.5. The lowest BCUT2D eigenvalue weighted by atomic mass is 10.1. The van der Waals surface area contributed by atoms with E-state index in [1.165, 1.54) is 7.11 Å². The van der Waals surface area contributed by atoms with Crippen LogP contribution in [0.2, 0.25) is 0 Å². The minimum absolute atomic E-state index is 0.103. The Morgan fingerprint density at radius 2 is 2.17 bits per heavy atom. The normalized spacial score (nSPS) is 12.0. The van der Waals surface area contributed by atoms with E-state index in [1.807, 2.05) is 6.92 Å². The summed E-state index contributed by atoms with van der Waals surface area (Å²) >= 11 is 0. The molecule has 0 saturated carbocycles. The number of benzene rings is 1. The lowest BCUT2D eigenvalue weighted by molar-refractivity contribution is -0.385. The van der Waals surface area contributed by atoms with Gasteiger partial charge in [-0.05, 0) is 24.3 Å². The standard InChI is InChI=1S/C16H17FN2O5/c1-3-11-5-7-15(24-11)13(9-23-2)18-16(20)12-8-10(17)4-6-14(12)19(21)22/h4-8,13H,3,9H2,1-2H3,(H,18,20)/t13-/m0/s1. The Morgan fingerprint density at radius 1 is 1.42 bits per heavy atom. The average molecular weight is 336 g/mol. The van der Waals surface area contributed by atoms with Crippen LogP contribution >= 0.6 is 0 Å². The average Bonchev–Trinajstić information content (AvgIpc) is 3.03. The van der Waals surface area contributed by atoms with Crippen molar-refractivity contribution in [3.63, 3.8) is 0 Å². The summed E-state index contributed by atoms with van der Waals surface area (Å²) in [4.78, 5) is 22.7. The molecule has 1 N–H and O–H groups in total. The summed E-state index contributed by atoms with van der Waals surface area (Å²) in [5.74, 6) is -0.323. The Labute approximate surface area is 137 Å². The molecule has 0 unspecified atom stereocenters. The minimum atomic E-state index is -0.780. The number of ether oxygens (including phenoxy) is 1. The molecule has 0 saturated heterocycles. The summed E-state index contributed by atoms with van der Waals surface area (Å²) in [6.07, 6.45) is 0.684. The fraction of sp³-hybridized carbons (Fsp3) is 0.312. The lowest BCUT2D eigenvalue weighted by Gasteiger charge is -2.16. The number of rotatable bonds is 7. The predicted molar refractivity (Wildman–Crippen MR) is 83.2 cm³/mol. The molecule has 1 heterocycles. The van der Waals surface area contributed by atoms with Gasteiger partial charge < -0.3 is 14.5 Å². The highest BCUT2D eigenvalue weighted by Gasteiger charge is 2.25. The molecular weight excluding hydrogens is 319 g/mol. The number of halogens is 1. The molecule has 0 radical (unpaired) electrons. The number of nitro groups is 1. The van der Waals surface area contributed by atoms with E-state index in [9.17, 15) is 19.3 Å². The Morgan fingerprint density at radius 3 is 2.75 bits per heavy atom. The molecule has 1 aromatic carbocycles. The van der Waals surface area contributed by atoms with Crippen LogP contribution in [0.25, 0.3) is 0 Å². The van der Waals surface area contributed by atoms with E-state index in [0.29, 0.717) is 12.2 Å². The molecule has 1 atom stereocenters. The highest BCUT2D eigenvalue weighted by Crippen LogP contribution is 2.22. The van der Waals surface area contributed by atoms with Gasteiger partial charge in [0, 0.05) is 19.6 Å². The van der Waals surface area contributed by atoms with E-state index in [-0.39, 0.29) is 12.2 Å². The number of nitro benzene ring substituents is 1. The number of carbonyl (C=O) groups is 1. The van der Waals surface area contributed by atoms with Crippen molar-refractivity contribution in [2.75, 3.05) is 13.7 Å². The molecule has 1 aromatic heterocycles. The first-order valence-electron chi connectivity index (χ1n) is 7.28. The van der Waals surface area contributed by atoms with E-state index in [0.717, 1.165) is 24.0 Å². The van der Waals surface area contributed by atoms with Gasteiger partial charge in [0.2, 0.25) is 0 Å². The third-order valence-corrected chi connectivity index (χ3v) is 3.41. The Kier molecular flexibility index (Phi) is 5.64. The number of methoxy groups -OCH3 is 1. The van der Waals surface area contributed by atoms with Gasteiger partial charge in [0.25, 0.3) is 11.6 Å². The molecule has 7 nitrogen and oxygen atoms in total. The lowest BCUT2D eigenvalue weighted by Crippen LogP contribution is -2.31. The van der Waals surface area contributed by atoms with Crippen LogP contribution in [0.4, 0.5) is 10.1 Å². The Balaban J connectivity index is 2.28. The van der Waals surface area contributed by atoms with Crippen molar-refractivity contribution in [3.8, 4) is 0 Å². The second kappa shape index (κ2) is 7.69. The van der Waals surface area contributed by atoms with E-state index >= 15 is 0 Å². The number of aryl methyl sites for hydroxylation is 1. The number of nitrogens with one attached hydrogen (secondary N) is 1. The van der Waals surface area contributed by atoms with Crippen LogP contribution in [0, 0.1) is 15.9 Å². The van der Waals surface area contributed by atoms with Crippen LogP contribution in [0.15, 0.2) is 34.7 Å². The van der Waals surface area contributed by atoms with Crippen LogP contribution in [0.1, 0.15) is 34.8 Å². The topological polar surface area (TPSA) is 94.6 Å². The first-order valence-corrected chi connectivity index (χ1v) is 7.28. The molecule has 2 aromatic rings. The summed E-state index contributed by atoms with van der Waals surface area (Å²) in [5, 5.41) is 13.6. The molecule has 24 heavy (non-hydrogen) atoms. The number of hydrogen-bond donors (Lipinski definition) is 1. The largest absolute Gasteiger partial charge is 0.464 e. The fourth-order valence-electron chi connectivity index (χ4n) is 2.22. The van der Waals surface area contributed by atoms with Crippen LogP contribution in [-0.2, 0) is 11.2 Å². The third kappa shape index (κ3) is 3.96. The molecule has 8 heteroatoms. The number of carbonyl (C=O) groups excluding carboxylic acids is 1. The fourth-order valence-corrected chi connectivity index (χ4v) is 2.22. The van der Waals surface area contributed by atoms with Crippen molar-refractivity contribution in [2.24, 2.45) is 0 Å². The van der Waals surface area contributed by atoms with Crippen LogP contribution in [0.5, 0.6) is 0 Å². The molecule has 128 valence electrons. The second-order valence-electron chi connectivity index (χ2n) is 5.06. The maximum absolute atomic E-state index is 13.4. The van der Waals surface area contributed by atoms with Gasteiger partial charge in [-0.2, -0.15) is 0 Å². The van der Waals surface area contributed by atoms with Gasteiger partial charge >= 0.3 is 0 Å². The van der Waals surface area contributed by atoms with Gasteiger partial charge in [-0.3, -0.25) is 14.9 Å². The number of furan rings is 1. The molecule has 0 aliphatic heterocycles.